The molecule has 0 aromatic carbocycles. The third-order valence-corrected chi connectivity index (χ3v) is 3.24. The van der Waals surface area contributed by atoms with Gasteiger partial charge in [0.1, 0.15) is 0 Å². The Bertz CT molecular complexity index is 289. The van der Waals surface area contributed by atoms with E-state index in [2.05, 4.69) is 10.6 Å². The molecule has 1 aliphatic carbocycles. The Morgan fingerprint density at radius 2 is 2.00 bits per heavy atom. The molecule has 0 radical (unpaired) electrons. The maximum atomic E-state index is 11.6. The largest absolute Gasteiger partial charge is 0.383 e. The molecule has 0 spiro atoms. The highest BCUT2D eigenvalue weighted by Crippen LogP contribution is 2.26. The molecule has 2 amide bonds. The molecule has 7 heteroatoms. The molecule has 4 N–H and O–H groups in total. The van der Waals surface area contributed by atoms with Gasteiger partial charge in [0.15, 0.2) is 0 Å². The quantitative estimate of drug-likeness (QED) is 0.567. The maximum absolute atomic E-state index is 11.6. The van der Waals surface area contributed by atoms with Gasteiger partial charge in [-0.2, -0.15) is 0 Å². The standard InChI is InChI=1S/C12H23N3O3.ClH/c1-18-6-5-14-12(17)8-15-11(16)7-9-3-2-4-10(9)13;/h9-10H,2-8,13H2,1H3,(H,14,17)(H,15,16);1H/t9-,10+;/m0./s1. The van der Waals surface area contributed by atoms with Gasteiger partial charge in [0.2, 0.25) is 11.8 Å². The lowest BCUT2D eigenvalue weighted by Crippen LogP contribution is -2.39. The topological polar surface area (TPSA) is 93.5 Å². The number of nitrogens with one attached hydrogen (secondary N) is 2. The average molecular weight is 294 g/mol. The second kappa shape index (κ2) is 10.00. The van der Waals surface area contributed by atoms with Gasteiger partial charge in [-0.15, -0.1) is 12.4 Å². The molecule has 0 saturated heterocycles. The van der Waals surface area contributed by atoms with E-state index in [1.165, 1.54) is 0 Å². The predicted octanol–water partition coefficient (Wildman–Crippen LogP) is -0.195. The normalized spacial score (nSPS) is 21.6. The Labute approximate surface area is 120 Å². The second-order valence-electron chi connectivity index (χ2n) is 4.68. The van der Waals surface area contributed by atoms with Crippen molar-refractivity contribution in [3.05, 3.63) is 0 Å². The number of nitrogens with two attached hydrogens (primary N) is 1. The second-order valence-corrected chi connectivity index (χ2v) is 4.68. The lowest BCUT2D eigenvalue weighted by Gasteiger charge is -2.14. The minimum absolute atomic E-state index is 0. The van der Waals surface area contributed by atoms with E-state index in [0.717, 1.165) is 19.3 Å². The van der Waals surface area contributed by atoms with Crippen molar-refractivity contribution in [2.45, 2.75) is 31.7 Å². The molecule has 1 saturated carbocycles. The number of carbonyl (C=O) groups is 2. The van der Waals surface area contributed by atoms with Crippen LogP contribution in [0.25, 0.3) is 0 Å². The van der Waals surface area contributed by atoms with Crippen LogP contribution in [0.15, 0.2) is 0 Å². The molecule has 6 nitrogen and oxygen atoms in total. The third-order valence-electron chi connectivity index (χ3n) is 3.24. The molecular weight excluding hydrogens is 270 g/mol. The molecule has 112 valence electrons. The van der Waals surface area contributed by atoms with Gasteiger partial charge < -0.3 is 21.1 Å². The van der Waals surface area contributed by atoms with E-state index < -0.39 is 0 Å². The Morgan fingerprint density at radius 3 is 2.58 bits per heavy atom. The van der Waals surface area contributed by atoms with E-state index in [0.29, 0.717) is 19.6 Å². The van der Waals surface area contributed by atoms with Crippen LogP contribution in [0.1, 0.15) is 25.7 Å². The van der Waals surface area contributed by atoms with Crippen LogP contribution in [0.4, 0.5) is 0 Å². The van der Waals surface area contributed by atoms with Crippen LogP contribution in [0.3, 0.4) is 0 Å². The zero-order valence-corrected chi connectivity index (χ0v) is 12.1. The summed E-state index contributed by atoms with van der Waals surface area (Å²) in [6, 6.07) is 0.131. The van der Waals surface area contributed by atoms with E-state index in [1.807, 2.05) is 0 Å². The summed E-state index contributed by atoms with van der Waals surface area (Å²) in [7, 11) is 1.57. The first-order chi connectivity index (χ1) is 8.63. The van der Waals surface area contributed by atoms with Crippen molar-refractivity contribution in [1.29, 1.82) is 0 Å². The number of amides is 2. The highest BCUT2D eigenvalue weighted by Gasteiger charge is 2.25. The molecular formula is C12H24ClN3O3. The summed E-state index contributed by atoms with van der Waals surface area (Å²) >= 11 is 0. The maximum Gasteiger partial charge on any atom is 0.239 e. The molecule has 1 aliphatic rings. The minimum atomic E-state index is -0.198. The van der Waals surface area contributed by atoms with Gasteiger partial charge in [-0.1, -0.05) is 6.42 Å². The summed E-state index contributed by atoms with van der Waals surface area (Å²) in [6.45, 7) is 0.944. The first-order valence-corrected chi connectivity index (χ1v) is 6.41. The lowest BCUT2D eigenvalue weighted by atomic mass is 10.00. The number of hydrogen-bond donors (Lipinski definition) is 3. The van der Waals surface area contributed by atoms with Crippen LogP contribution >= 0.6 is 12.4 Å². The van der Waals surface area contributed by atoms with Gasteiger partial charge >= 0.3 is 0 Å². The van der Waals surface area contributed by atoms with E-state index in [4.69, 9.17) is 10.5 Å². The molecule has 0 aromatic rings. The van der Waals surface area contributed by atoms with Crippen LogP contribution in [0, 0.1) is 5.92 Å². The molecule has 0 aliphatic heterocycles. The molecule has 1 rings (SSSR count). The van der Waals surface area contributed by atoms with Crippen molar-refractivity contribution in [2.24, 2.45) is 11.7 Å². The highest BCUT2D eigenvalue weighted by molar-refractivity contribution is 5.85. The fourth-order valence-corrected chi connectivity index (χ4v) is 2.16. The van der Waals surface area contributed by atoms with Crippen molar-refractivity contribution < 1.29 is 14.3 Å². The van der Waals surface area contributed by atoms with Gasteiger partial charge in [0.05, 0.1) is 13.2 Å². The summed E-state index contributed by atoms with van der Waals surface area (Å²) in [6.07, 6.45) is 3.52. The van der Waals surface area contributed by atoms with Crippen molar-refractivity contribution in [2.75, 3.05) is 26.8 Å². The third kappa shape index (κ3) is 7.34. The number of ether oxygens (including phenoxy) is 1. The van der Waals surface area contributed by atoms with Crippen LogP contribution < -0.4 is 16.4 Å². The van der Waals surface area contributed by atoms with Crippen LogP contribution in [0.5, 0.6) is 0 Å². The van der Waals surface area contributed by atoms with Crippen molar-refractivity contribution >= 4 is 24.2 Å². The number of hydrogen-bond acceptors (Lipinski definition) is 4. The zero-order valence-electron chi connectivity index (χ0n) is 11.3. The summed E-state index contributed by atoms with van der Waals surface area (Å²) < 4.78 is 4.80. The fourth-order valence-electron chi connectivity index (χ4n) is 2.16. The first kappa shape index (κ1) is 18.1. The van der Waals surface area contributed by atoms with E-state index in [1.54, 1.807) is 7.11 Å². The summed E-state index contributed by atoms with van der Waals surface area (Å²) in [5, 5.41) is 5.25. The van der Waals surface area contributed by atoms with Gasteiger partial charge in [-0.05, 0) is 18.8 Å². The van der Waals surface area contributed by atoms with Crippen molar-refractivity contribution in [1.82, 2.24) is 10.6 Å². The molecule has 2 atom stereocenters. The monoisotopic (exact) mass is 293 g/mol. The molecule has 0 heterocycles. The van der Waals surface area contributed by atoms with Crippen molar-refractivity contribution in [3.8, 4) is 0 Å². The van der Waals surface area contributed by atoms with Gasteiger partial charge in [-0.3, -0.25) is 9.59 Å². The minimum Gasteiger partial charge on any atom is -0.383 e. The SMILES string of the molecule is COCCNC(=O)CNC(=O)C[C@@H]1CCC[C@H]1N.Cl. The molecule has 0 unspecified atom stereocenters. The number of carbonyl (C=O) groups excluding carboxylic acids is 2. The lowest BCUT2D eigenvalue weighted by molar-refractivity contribution is -0.126. The Morgan fingerprint density at radius 1 is 1.26 bits per heavy atom. The van der Waals surface area contributed by atoms with Crippen LogP contribution in [-0.2, 0) is 14.3 Å². The van der Waals surface area contributed by atoms with Gasteiger partial charge in [0.25, 0.3) is 0 Å². The average Bonchev–Trinajstić information content (AvgIpc) is 2.73. The van der Waals surface area contributed by atoms with E-state index in [-0.39, 0.29) is 42.7 Å². The number of methoxy groups -OCH3 is 1. The predicted molar refractivity (Wildman–Crippen MR) is 75.1 cm³/mol. The summed E-state index contributed by atoms with van der Waals surface area (Å²) in [4.78, 5) is 22.9. The Balaban J connectivity index is 0.00000324. The number of rotatable bonds is 7. The Hall–Kier alpha value is -0.850. The zero-order chi connectivity index (χ0) is 13.4. The van der Waals surface area contributed by atoms with Gasteiger partial charge in [0, 0.05) is 26.1 Å². The van der Waals surface area contributed by atoms with E-state index >= 15 is 0 Å². The Kier molecular flexibility index (Phi) is 9.55. The van der Waals surface area contributed by atoms with Crippen molar-refractivity contribution in [3.63, 3.8) is 0 Å². The molecule has 0 aromatic heterocycles. The summed E-state index contributed by atoms with van der Waals surface area (Å²) in [5.74, 6) is -0.0306. The van der Waals surface area contributed by atoms with Crippen LogP contribution in [0.2, 0.25) is 0 Å². The first-order valence-electron chi connectivity index (χ1n) is 6.41. The van der Waals surface area contributed by atoms with E-state index in [9.17, 15) is 9.59 Å². The molecule has 19 heavy (non-hydrogen) atoms. The fraction of sp³-hybridized carbons (Fsp3) is 0.833. The number of halogens is 1. The van der Waals surface area contributed by atoms with Crippen LogP contribution in [-0.4, -0.2) is 44.7 Å². The molecule has 1 fully saturated rings. The highest BCUT2D eigenvalue weighted by atomic mass is 35.5. The summed E-state index contributed by atoms with van der Waals surface area (Å²) in [5.41, 5.74) is 5.89. The smallest absolute Gasteiger partial charge is 0.239 e. The van der Waals surface area contributed by atoms with Gasteiger partial charge in [-0.25, -0.2) is 0 Å². The molecule has 0 bridgehead atoms.